The molecule has 0 radical (unpaired) electrons. The summed E-state index contributed by atoms with van der Waals surface area (Å²) in [6.45, 7) is 0. The van der Waals surface area contributed by atoms with Crippen LogP contribution in [0.4, 0.5) is 4.39 Å². The highest BCUT2D eigenvalue weighted by Gasteiger charge is 2.06. The number of hydrogen-bond acceptors (Lipinski definition) is 3. The minimum Gasteiger partial charge on any atom is -0.338 e. The minimum atomic E-state index is -0.607. The van der Waals surface area contributed by atoms with Crippen molar-refractivity contribution in [2.75, 3.05) is 0 Å². The predicted molar refractivity (Wildman–Crippen MR) is 80.5 cm³/mol. The molecular formula is C16H12FN3O2. The zero-order valence-corrected chi connectivity index (χ0v) is 11.4. The molecule has 0 aliphatic rings. The molecule has 6 heteroatoms. The molecule has 5 nitrogen and oxygen atoms in total. The summed E-state index contributed by atoms with van der Waals surface area (Å²) in [7, 11) is 0. The number of amides is 1. The van der Waals surface area contributed by atoms with E-state index in [0.717, 1.165) is 11.1 Å². The molecule has 0 aliphatic carbocycles. The average molecular weight is 297 g/mol. The Hall–Kier alpha value is -2.99. The summed E-state index contributed by atoms with van der Waals surface area (Å²) in [5, 5.41) is 8.45. The van der Waals surface area contributed by atoms with Crippen LogP contribution < -0.4 is 5.48 Å². The lowest BCUT2D eigenvalue weighted by molar-refractivity contribution is -0.124. The largest absolute Gasteiger partial charge is 0.338 e. The fraction of sp³-hybridized carbons (Fsp3) is 0. The van der Waals surface area contributed by atoms with Crippen LogP contribution in [0.5, 0.6) is 0 Å². The van der Waals surface area contributed by atoms with Gasteiger partial charge in [-0.3, -0.25) is 10.0 Å². The number of halogens is 1. The van der Waals surface area contributed by atoms with Crippen LogP contribution in [0.1, 0.15) is 5.56 Å². The van der Waals surface area contributed by atoms with Crippen LogP contribution in [-0.4, -0.2) is 21.1 Å². The third-order valence-corrected chi connectivity index (χ3v) is 3.14. The Bertz CT molecular complexity index is 871. The molecule has 0 saturated carbocycles. The summed E-state index contributed by atoms with van der Waals surface area (Å²) >= 11 is 0. The molecule has 1 heterocycles. The first-order valence-electron chi connectivity index (χ1n) is 6.53. The molecule has 110 valence electrons. The summed E-state index contributed by atoms with van der Waals surface area (Å²) < 4.78 is 13.2. The van der Waals surface area contributed by atoms with E-state index in [1.54, 1.807) is 12.1 Å². The smallest absolute Gasteiger partial charge is 0.267 e. The number of nitrogens with zero attached hydrogens (tertiary/aromatic N) is 1. The second kappa shape index (κ2) is 5.79. The first-order chi connectivity index (χ1) is 10.7. The maximum Gasteiger partial charge on any atom is 0.267 e. The number of hydroxylamine groups is 1. The van der Waals surface area contributed by atoms with Crippen molar-refractivity contribution in [1.29, 1.82) is 0 Å². The second-order valence-corrected chi connectivity index (χ2v) is 4.68. The van der Waals surface area contributed by atoms with Gasteiger partial charge in [0.2, 0.25) is 0 Å². The normalized spacial score (nSPS) is 11.2. The molecule has 0 spiro atoms. The van der Waals surface area contributed by atoms with Gasteiger partial charge in [-0.1, -0.05) is 18.2 Å². The topological polar surface area (TPSA) is 78.0 Å². The summed E-state index contributed by atoms with van der Waals surface area (Å²) in [5.74, 6) is -0.318. The van der Waals surface area contributed by atoms with E-state index in [4.69, 9.17) is 5.21 Å². The maximum atomic E-state index is 13.2. The van der Waals surface area contributed by atoms with Crippen molar-refractivity contribution in [2.45, 2.75) is 0 Å². The van der Waals surface area contributed by atoms with Gasteiger partial charge in [-0.05, 0) is 35.9 Å². The zero-order valence-electron chi connectivity index (χ0n) is 11.4. The molecule has 0 unspecified atom stereocenters. The number of benzene rings is 2. The van der Waals surface area contributed by atoms with Crippen LogP contribution in [0.25, 0.3) is 28.5 Å². The molecule has 0 fully saturated rings. The molecule has 1 amide bonds. The van der Waals surface area contributed by atoms with E-state index in [1.807, 2.05) is 24.3 Å². The van der Waals surface area contributed by atoms with Crippen molar-refractivity contribution < 1.29 is 14.4 Å². The number of carbonyl (C=O) groups is 1. The minimum absolute atomic E-state index is 0.325. The standard InChI is InChI=1S/C16H12FN3O2/c17-12-5-6-13-14(9-12)19-16(18-13)11-3-1-2-10(8-11)4-7-15(21)20-22/h1-9,22H,(H,18,19)(H,20,21)/b7-4+. The van der Waals surface area contributed by atoms with Crippen molar-refractivity contribution >= 4 is 23.0 Å². The second-order valence-electron chi connectivity index (χ2n) is 4.68. The summed E-state index contributed by atoms with van der Waals surface area (Å²) in [6.07, 6.45) is 2.78. The summed E-state index contributed by atoms with van der Waals surface area (Å²) in [4.78, 5) is 18.5. The summed E-state index contributed by atoms with van der Waals surface area (Å²) in [6, 6.07) is 11.7. The van der Waals surface area contributed by atoms with E-state index >= 15 is 0 Å². The van der Waals surface area contributed by atoms with Gasteiger partial charge in [-0.2, -0.15) is 0 Å². The third kappa shape index (κ3) is 2.87. The van der Waals surface area contributed by atoms with E-state index in [1.165, 1.54) is 23.7 Å². The zero-order chi connectivity index (χ0) is 15.5. The lowest BCUT2D eigenvalue weighted by Crippen LogP contribution is -2.14. The van der Waals surface area contributed by atoms with Crippen LogP contribution in [0.15, 0.2) is 48.5 Å². The lowest BCUT2D eigenvalue weighted by Gasteiger charge is -1.99. The van der Waals surface area contributed by atoms with E-state index < -0.39 is 5.91 Å². The Kier molecular flexibility index (Phi) is 3.67. The van der Waals surface area contributed by atoms with Crippen LogP contribution in [0.3, 0.4) is 0 Å². The molecule has 2 aromatic carbocycles. The van der Waals surface area contributed by atoms with Gasteiger partial charge in [0, 0.05) is 11.6 Å². The number of aromatic amines is 1. The maximum absolute atomic E-state index is 13.2. The predicted octanol–water partition coefficient (Wildman–Crippen LogP) is 2.89. The Morgan fingerprint density at radius 1 is 1.27 bits per heavy atom. The van der Waals surface area contributed by atoms with E-state index in [2.05, 4.69) is 9.97 Å². The van der Waals surface area contributed by atoms with E-state index in [-0.39, 0.29) is 5.82 Å². The number of rotatable bonds is 3. The van der Waals surface area contributed by atoms with Crippen molar-refractivity contribution in [3.8, 4) is 11.4 Å². The Labute approximate surface area is 125 Å². The Balaban J connectivity index is 1.96. The van der Waals surface area contributed by atoms with Gasteiger partial charge >= 0.3 is 0 Å². The molecule has 1 aromatic heterocycles. The number of hydrogen-bond donors (Lipinski definition) is 3. The van der Waals surface area contributed by atoms with Crippen LogP contribution in [0, 0.1) is 5.82 Å². The van der Waals surface area contributed by atoms with Gasteiger partial charge in [0.05, 0.1) is 11.0 Å². The summed E-state index contributed by atoms with van der Waals surface area (Å²) in [5.41, 5.74) is 4.40. The molecule has 3 aromatic rings. The number of fused-ring (bicyclic) bond motifs is 1. The molecule has 0 aliphatic heterocycles. The van der Waals surface area contributed by atoms with Crippen LogP contribution in [-0.2, 0) is 4.79 Å². The average Bonchev–Trinajstić information content (AvgIpc) is 2.96. The van der Waals surface area contributed by atoms with Gasteiger partial charge in [0.25, 0.3) is 5.91 Å². The van der Waals surface area contributed by atoms with Gasteiger partial charge in [-0.15, -0.1) is 0 Å². The highest BCUT2D eigenvalue weighted by Crippen LogP contribution is 2.22. The number of imidazole rings is 1. The monoisotopic (exact) mass is 297 g/mol. The molecule has 0 atom stereocenters. The first kappa shape index (κ1) is 14.0. The van der Waals surface area contributed by atoms with Crippen LogP contribution >= 0.6 is 0 Å². The Morgan fingerprint density at radius 2 is 2.14 bits per heavy atom. The molecular weight excluding hydrogens is 285 g/mol. The SMILES string of the molecule is O=C(/C=C/c1cccc(-c2nc3ccc(F)cc3[nH]2)c1)NO. The van der Waals surface area contributed by atoms with E-state index in [9.17, 15) is 9.18 Å². The Morgan fingerprint density at radius 3 is 2.95 bits per heavy atom. The molecule has 0 bridgehead atoms. The number of H-pyrrole nitrogens is 1. The fourth-order valence-electron chi connectivity index (χ4n) is 2.12. The van der Waals surface area contributed by atoms with Crippen molar-refractivity contribution in [3.05, 3.63) is 59.9 Å². The molecule has 3 rings (SSSR count). The third-order valence-electron chi connectivity index (χ3n) is 3.14. The van der Waals surface area contributed by atoms with Crippen molar-refractivity contribution in [3.63, 3.8) is 0 Å². The highest BCUT2D eigenvalue weighted by molar-refractivity contribution is 5.91. The molecule has 3 N–H and O–H groups in total. The number of nitrogens with one attached hydrogen (secondary N) is 2. The van der Waals surface area contributed by atoms with Gasteiger partial charge < -0.3 is 4.98 Å². The molecule has 0 saturated heterocycles. The van der Waals surface area contributed by atoms with E-state index in [0.29, 0.717) is 16.9 Å². The quantitative estimate of drug-likeness (QED) is 0.395. The van der Waals surface area contributed by atoms with Crippen molar-refractivity contribution in [1.82, 2.24) is 15.4 Å². The molecule has 22 heavy (non-hydrogen) atoms. The van der Waals surface area contributed by atoms with Crippen molar-refractivity contribution in [2.24, 2.45) is 0 Å². The van der Waals surface area contributed by atoms with Crippen LogP contribution in [0.2, 0.25) is 0 Å². The lowest BCUT2D eigenvalue weighted by atomic mass is 10.1. The fourth-order valence-corrected chi connectivity index (χ4v) is 2.12. The highest BCUT2D eigenvalue weighted by atomic mass is 19.1. The van der Waals surface area contributed by atoms with Gasteiger partial charge in [-0.25, -0.2) is 14.9 Å². The van der Waals surface area contributed by atoms with Gasteiger partial charge in [0.15, 0.2) is 0 Å². The number of aromatic nitrogens is 2. The first-order valence-corrected chi connectivity index (χ1v) is 6.53. The van der Waals surface area contributed by atoms with Gasteiger partial charge in [0.1, 0.15) is 11.6 Å². The number of carbonyl (C=O) groups excluding carboxylic acids is 1.